The maximum absolute atomic E-state index is 12.7. The number of carboxylic acid groups (broad SMARTS) is 1. The highest BCUT2D eigenvalue weighted by Gasteiger charge is 2.57. The van der Waals surface area contributed by atoms with Crippen LogP contribution in [0.4, 0.5) is 4.79 Å². The van der Waals surface area contributed by atoms with Crippen molar-refractivity contribution in [2.75, 3.05) is 12.8 Å². The van der Waals surface area contributed by atoms with E-state index in [1.165, 1.54) is 0 Å². The summed E-state index contributed by atoms with van der Waals surface area (Å²) in [5, 5.41) is 9.63. The maximum Gasteiger partial charge on any atom is 0.521 e. The molecule has 1 aromatic rings. The maximum atomic E-state index is 12.7. The molecule has 1 heterocycles. The van der Waals surface area contributed by atoms with Crippen molar-refractivity contribution in [3.8, 4) is 0 Å². The van der Waals surface area contributed by atoms with Crippen LogP contribution in [0.1, 0.15) is 23.7 Å². The highest BCUT2D eigenvalue weighted by molar-refractivity contribution is 7.86. The number of hydrogen-bond donors (Lipinski definition) is 1. The molecule has 0 saturated carbocycles. The summed E-state index contributed by atoms with van der Waals surface area (Å²) in [4.78, 5) is 24.5. The predicted octanol–water partition coefficient (Wildman–Crippen LogP) is 1.46. The van der Waals surface area contributed by atoms with Gasteiger partial charge in [0, 0.05) is 6.42 Å². The average Bonchev–Trinajstić information content (AvgIpc) is 2.74. The molecule has 2 amide bonds. The van der Waals surface area contributed by atoms with Gasteiger partial charge < -0.3 is 5.11 Å². The molecule has 0 bridgehead atoms. The normalized spacial score (nSPS) is 28.5. The number of benzene rings is 1. The first-order valence-corrected chi connectivity index (χ1v) is 8.58. The second-order valence-electron chi connectivity index (χ2n) is 5.51. The lowest BCUT2D eigenvalue weighted by molar-refractivity contribution is -0.787. The van der Waals surface area contributed by atoms with Crippen molar-refractivity contribution in [1.82, 2.24) is 0 Å². The minimum Gasteiger partial charge on any atom is -0.435 e. The van der Waals surface area contributed by atoms with Crippen molar-refractivity contribution in [3.63, 3.8) is 0 Å². The number of amides is 2. The molecule has 1 aliphatic heterocycles. The quantitative estimate of drug-likeness (QED) is 0.666. The lowest BCUT2D eigenvalue weighted by Crippen LogP contribution is -2.59. The van der Waals surface area contributed by atoms with Crippen LogP contribution in [0.15, 0.2) is 30.3 Å². The van der Waals surface area contributed by atoms with E-state index in [-0.39, 0.29) is 18.5 Å². The van der Waals surface area contributed by atoms with Crippen LogP contribution in [-0.2, 0) is 14.3 Å². The van der Waals surface area contributed by atoms with Crippen LogP contribution in [0.25, 0.3) is 0 Å². The van der Waals surface area contributed by atoms with Crippen LogP contribution >= 0.6 is 0 Å². The van der Waals surface area contributed by atoms with E-state index in [0.29, 0.717) is 0 Å². The van der Waals surface area contributed by atoms with Gasteiger partial charge in [-0.15, -0.1) is 0 Å². The smallest absolute Gasteiger partial charge is 0.435 e. The van der Waals surface area contributed by atoms with Crippen LogP contribution < -0.4 is 0 Å². The highest BCUT2D eigenvalue weighted by atomic mass is 32.2. The molecule has 0 aromatic heterocycles. The molecule has 0 radical (unpaired) electrons. The molecule has 22 heavy (non-hydrogen) atoms. The molecule has 120 valence electrons. The third kappa shape index (κ3) is 3.03. The zero-order valence-electron chi connectivity index (χ0n) is 12.3. The molecule has 7 nitrogen and oxygen atoms in total. The molecule has 3 atom stereocenters. The summed E-state index contributed by atoms with van der Waals surface area (Å²) >= 11 is 0. The van der Waals surface area contributed by atoms with Gasteiger partial charge in [-0.25, -0.2) is 4.79 Å². The minimum absolute atomic E-state index is 0.179. The second-order valence-corrected chi connectivity index (χ2v) is 7.11. The number of quaternary nitrogens is 1. The van der Waals surface area contributed by atoms with Gasteiger partial charge in [-0.1, -0.05) is 18.2 Å². The standard InChI is InChI=1S/C14H17NO6S/c1-10-8-12(21-22(2,19)20)9-15(10,14(17)18)13(16)11-6-4-3-5-7-11/h3-7,10,12H,8-9H2,1-2H3/p+1/t10-,12+,15-/m1/s1. The summed E-state index contributed by atoms with van der Waals surface area (Å²) in [5.41, 5.74) is 0.275. The van der Waals surface area contributed by atoms with E-state index in [1.54, 1.807) is 37.3 Å². The first-order valence-electron chi connectivity index (χ1n) is 6.76. The van der Waals surface area contributed by atoms with E-state index in [1.807, 2.05) is 0 Å². The largest absolute Gasteiger partial charge is 0.521 e. The van der Waals surface area contributed by atoms with Crippen molar-refractivity contribution in [2.45, 2.75) is 25.5 Å². The Morgan fingerprint density at radius 1 is 1.27 bits per heavy atom. The number of nitrogens with zero attached hydrogens (tertiary/aromatic N) is 1. The van der Waals surface area contributed by atoms with Gasteiger partial charge in [-0.2, -0.15) is 17.7 Å². The Labute approximate surface area is 128 Å². The highest BCUT2D eigenvalue weighted by Crippen LogP contribution is 2.32. The molecule has 0 unspecified atom stereocenters. The number of carbonyl (C=O) groups excluding carboxylic acids is 1. The first-order chi connectivity index (χ1) is 10.2. The SMILES string of the molecule is C[C@@H]1C[C@H](OS(C)(=O)=O)C[N@+]1(C(=O)O)C(=O)c1ccccc1. The molecular formula is C14H18NO6S+. The van der Waals surface area contributed by atoms with Crippen molar-refractivity contribution in [3.05, 3.63) is 35.9 Å². The van der Waals surface area contributed by atoms with E-state index in [2.05, 4.69) is 0 Å². The van der Waals surface area contributed by atoms with Gasteiger partial charge in [-0.3, -0.25) is 4.18 Å². The zero-order valence-corrected chi connectivity index (χ0v) is 13.1. The lowest BCUT2D eigenvalue weighted by Gasteiger charge is -2.29. The van der Waals surface area contributed by atoms with Gasteiger partial charge in [0.15, 0.2) is 0 Å². The fraction of sp³-hybridized carbons (Fsp3) is 0.429. The number of hydrogen-bond acceptors (Lipinski definition) is 5. The van der Waals surface area contributed by atoms with Crippen LogP contribution in [0.3, 0.4) is 0 Å². The van der Waals surface area contributed by atoms with Gasteiger partial charge in [-0.05, 0) is 19.1 Å². The Morgan fingerprint density at radius 2 is 1.86 bits per heavy atom. The number of rotatable bonds is 3. The third-order valence-electron chi connectivity index (χ3n) is 3.88. The van der Waals surface area contributed by atoms with E-state index < -0.39 is 38.7 Å². The zero-order chi connectivity index (χ0) is 16.5. The van der Waals surface area contributed by atoms with E-state index in [9.17, 15) is 23.1 Å². The van der Waals surface area contributed by atoms with Crippen molar-refractivity contribution in [1.29, 1.82) is 0 Å². The Balaban J connectivity index is 2.38. The van der Waals surface area contributed by atoms with E-state index >= 15 is 0 Å². The summed E-state index contributed by atoms with van der Waals surface area (Å²) in [7, 11) is -3.71. The minimum atomic E-state index is -3.71. The summed E-state index contributed by atoms with van der Waals surface area (Å²) in [6, 6.07) is 7.53. The number of imide groups is 1. The summed E-state index contributed by atoms with van der Waals surface area (Å²) in [6.07, 6.45) is -1.04. The molecule has 1 saturated heterocycles. The Bertz CT molecular complexity index is 687. The van der Waals surface area contributed by atoms with E-state index in [4.69, 9.17) is 4.18 Å². The third-order valence-corrected chi connectivity index (χ3v) is 4.51. The molecule has 1 fully saturated rings. The van der Waals surface area contributed by atoms with Gasteiger partial charge in [0.1, 0.15) is 18.7 Å². The van der Waals surface area contributed by atoms with Crippen LogP contribution in [0.2, 0.25) is 0 Å². The molecule has 0 aliphatic carbocycles. The number of carbonyl (C=O) groups is 2. The van der Waals surface area contributed by atoms with Crippen LogP contribution in [0, 0.1) is 0 Å². The van der Waals surface area contributed by atoms with Crippen molar-refractivity contribution in [2.24, 2.45) is 0 Å². The van der Waals surface area contributed by atoms with Gasteiger partial charge in [0.25, 0.3) is 10.1 Å². The van der Waals surface area contributed by atoms with Gasteiger partial charge in [0.2, 0.25) is 0 Å². The second kappa shape index (κ2) is 5.79. The van der Waals surface area contributed by atoms with Crippen LogP contribution in [0.5, 0.6) is 0 Å². The topological polar surface area (TPSA) is 97.7 Å². The summed E-state index contributed by atoms with van der Waals surface area (Å²) in [6.45, 7) is 1.40. The van der Waals surface area contributed by atoms with Crippen LogP contribution in [-0.4, -0.2) is 55.0 Å². The molecular weight excluding hydrogens is 310 g/mol. The Morgan fingerprint density at radius 3 is 2.36 bits per heavy atom. The van der Waals surface area contributed by atoms with Crippen molar-refractivity contribution >= 4 is 22.1 Å². The van der Waals surface area contributed by atoms with Gasteiger partial charge >= 0.3 is 12.0 Å². The fourth-order valence-electron chi connectivity index (χ4n) is 2.90. The van der Waals surface area contributed by atoms with E-state index in [0.717, 1.165) is 6.26 Å². The monoisotopic (exact) mass is 328 g/mol. The summed E-state index contributed by atoms with van der Waals surface area (Å²) in [5.74, 6) is -0.569. The lowest BCUT2D eigenvalue weighted by atomic mass is 10.1. The first kappa shape index (κ1) is 16.6. The fourth-order valence-corrected chi connectivity index (χ4v) is 3.53. The Kier molecular flexibility index (Phi) is 4.37. The van der Waals surface area contributed by atoms with Gasteiger partial charge in [0.05, 0.1) is 11.8 Å². The van der Waals surface area contributed by atoms with Crippen molar-refractivity contribution < 1.29 is 31.8 Å². The molecule has 0 spiro atoms. The molecule has 1 aliphatic rings. The molecule has 8 heteroatoms. The molecule has 1 N–H and O–H groups in total. The molecule has 1 aromatic carbocycles. The number of likely N-dealkylation sites (tertiary alicyclic amines) is 1. The predicted molar refractivity (Wildman–Crippen MR) is 77.7 cm³/mol. The summed E-state index contributed by atoms with van der Waals surface area (Å²) < 4.78 is 26.6. The average molecular weight is 328 g/mol. The molecule has 2 rings (SSSR count). The Hall–Kier alpha value is -1.77.